The molecule has 5 heteroatoms. The molecule has 2 unspecified atom stereocenters. The van der Waals surface area contributed by atoms with Crippen LogP contribution in [0.15, 0.2) is 18.5 Å². The van der Waals surface area contributed by atoms with Crippen molar-refractivity contribution in [1.29, 1.82) is 0 Å². The van der Waals surface area contributed by atoms with E-state index in [0.717, 1.165) is 50.5 Å². The fraction of sp³-hybridized carbons (Fsp3) is 0.667. The number of nitrogens with zero attached hydrogens (tertiary/aromatic N) is 2. The van der Waals surface area contributed by atoms with Crippen molar-refractivity contribution < 1.29 is 4.74 Å². The Bertz CT molecular complexity index is 413. The van der Waals surface area contributed by atoms with E-state index in [9.17, 15) is 0 Å². The SMILES string of the molecule is CCCNC(c1cnccc1N)C1CN(CC)CCO1. The Hall–Kier alpha value is -1.17. The zero-order valence-corrected chi connectivity index (χ0v) is 12.5. The third-order valence-corrected chi connectivity index (χ3v) is 3.83. The van der Waals surface area contributed by atoms with Gasteiger partial charge in [-0.15, -0.1) is 0 Å². The standard InChI is InChI=1S/C15H26N4O/c1-3-6-18-15(12-10-17-7-5-13(12)16)14-11-19(4-2)8-9-20-14/h5,7,10,14-15,18H,3-4,6,8-9,11H2,1-2H3,(H2,16,17). The summed E-state index contributed by atoms with van der Waals surface area (Å²) in [7, 11) is 0. The summed E-state index contributed by atoms with van der Waals surface area (Å²) >= 11 is 0. The van der Waals surface area contributed by atoms with Gasteiger partial charge in [-0.3, -0.25) is 9.88 Å². The summed E-state index contributed by atoms with van der Waals surface area (Å²) in [6.07, 6.45) is 4.80. The summed E-state index contributed by atoms with van der Waals surface area (Å²) in [5, 5.41) is 3.57. The molecule has 1 aliphatic rings. The lowest BCUT2D eigenvalue weighted by molar-refractivity contribution is -0.0455. The van der Waals surface area contributed by atoms with E-state index in [1.807, 2.05) is 12.3 Å². The molecule has 112 valence electrons. The first-order valence-electron chi connectivity index (χ1n) is 7.53. The largest absolute Gasteiger partial charge is 0.398 e. The van der Waals surface area contributed by atoms with Crippen LogP contribution in [0.4, 0.5) is 5.69 Å². The second-order valence-electron chi connectivity index (χ2n) is 5.24. The maximum absolute atomic E-state index is 6.12. The van der Waals surface area contributed by atoms with E-state index in [0.29, 0.717) is 0 Å². The molecule has 0 bridgehead atoms. The quantitative estimate of drug-likeness (QED) is 0.824. The van der Waals surface area contributed by atoms with Crippen LogP contribution in [0.5, 0.6) is 0 Å². The van der Waals surface area contributed by atoms with Crippen molar-refractivity contribution in [3.8, 4) is 0 Å². The van der Waals surface area contributed by atoms with Crippen LogP contribution in [-0.4, -0.2) is 48.8 Å². The van der Waals surface area contributed by atoms with Crippen LogP contribution in [0, 0.1) is 0 Å². The van der Waals surface area contributed by atoms with Crippen LogP contribution in [0.2, 0.25) is 0 Å². The van der Waals surface area contributed by atoms with E-state index in [2.05, 4.69) is 29.0 Å². The van der Waals surface area contributed by atoms with Crippen molar-refractivity contribution in [1.82, 2.24) is 15.2 Å². The molecule has 2 heterocycles. The number of hydrogen-bond donors (Lipinski definition) is 2. The van der Waals surface area contributed by atoms with Gasteiger partial charge in [0, 0.05) is 36.7 Å². The number of nitrogens with two attached hydrogens (primary N) is 1. The van der Waals surface area contributed by atoms with Gasteiger partial charge >= 0.3 is 0 Å². The minimum absolute atomic E-state index is 0.109. The number of nitrogen functional groups attached to an aromatic ring is 1. The second kappa shape index (κ2) is 7.57. The van der Waals surface area contributed by atoms with Crippen molar-refractivity contribution in [2.24, 2.45) is 0 Å². The van der Waals surface area contributed by atoms with Crippen LogP contribution in [-0.2, 0) is 4.74 Å². The molecule has 2 rings (SSSR count). The van der Waals surface area contributed by atoms with Gasteiger partial charge in [-0.2, -0.15) is 0 Å². The highest BCUT2D eigenvalue weighted by Crippen LogP contribution is 2.26. The molecule has 1 aromatic heterocycles. The molecule has 1 saturated heterocycles. The summed E-state index contributed by atoms with van der Waals surface area (Å²) < 4.78 is 5.99. The van der Waals surface area contributed by atoms with E-state index in [4.69, 9.17) is 10.5 Å². The second-order valence-corrected chi connectivity index (χ2v) is 5.24. The molecule has 3 N–H and O–H groups in total. The molecular formula is C15H26N4O. The Morgan fingerprint density at radius 3 is 3.10 bits per heavy atom. The van der Waals surface area contributed by atoms with Gasteiger partial charge in [0.1, 0.15) is 0 Å². The first kappa shape index (κ1) is 15.2. The van der Waals surface area contributed by atoms with Crippen LogP contribution < -0.4 is 11.1 Å². The smallest absolute Gasteiger partial charge is 0.0898 e. The van der Waals surface area contributed by atoms with E-state index < -0.39 is 0 Å². The van der Waals surface area contributed by atoms with E-state index >= 15 is 0 Å². The average molecular weight is 278 g/mol. The fourth-order valence-corrected chi connectivity index (χ4v) is 2.64. The Balaban J connectivity index is 2.16. The molecule has 2 atom stereocenters. The monoisotopic (exact) mass is 278 g/mol. The molecule has 0 amide bonds. The van der Waals surface area contributed by atoms with E-state index in [-0.39, 0.29) is 12.1 Å². The number of ether oxygens (including phenoxy) is 1. The van der Waals surface area contributed by atoms with Crippen LogP contribution in [0.25, 0.3) is 0 Å². The predicted molar refractivity (Wildman–Crippen MR) is 81.5 cm³/mol. The molecule has 1 aromatic rings. The van der Waals surface area contributed by atoms with Crippen LogP contribution in [0.3, 0.4) is 0 Å². The first-order valence-corrected chi connectivity index (χ1v) is 7.53. The maximum Gasteiger partial charge on any atom is 0.0898 e. The van der Waals surface area contributed by atoms with Gasteiger partial charge in [0.25, 0.3) is 0 Å². The number of anilines is 1. The average Bonchev–Trinajstić information content (AvgIpc) is 2.49. The van der Waals surface area contributed by atoms with Gasteiger partial charge in [-0.1, -0.05) is 13.8 Å². The number of aromatic nitrogens is 1. The van der Waals surface area contributed by atoms with Crippen molar-refractivity contribution >= 4 is 5.69 Å². The first-order chi connectivity index (χ1) is 9.76. The lowest BCUT2D eigenvalue weighted by Gasteiger charge is -2.37. The summed E-state index contributed by atoms with van der Waals surface area (Å²) in [4.78, 5) is 6.64. The van der Waals surface area contributed by atoms with Gasteiger partial charge in [0.15, 0.2) is 0 Å². The minimum Gasteiger partial charge on any atom is -0.398 e. The van der Waals surface area contributed by atoms with E-state index in [1.165, 1.54) is 0 Å². The van der Waals surface area contributed by atoms with Crippen LogP contribution >= 0.6 is 0 Å². The summed E-state index contributed by atoms with van der Waals surface area (Å²) in [6.45, 7) is 9.09. The highest BCUT2D eigenvalue weighted by atomic mass is 16.5. The van der Waals surface area contributed by atoms with Crippen molar-refractivity contribution in [3.63, 3.8) is 0 Å². The van der Waals surface area contributed by atoms with Crippen LogP contribution in [0.1, 0.15) is 31.9 Å². The number of morpholine rings is 1. The Morgan fingerprint density at radius 2 is 2.40 bits per heavy atom. The normalized spacial score (nSPS) is 21.8. The van der Waals surface area contributed by atoms with Crippen molar-refractivity contribution in [2.75, 3.05) is 38.5 Å². The molecule has 5 nitrogen and oxygen atoms in total. The van der Waals surface area contributed by atoms with Crippen molar-refractivity contribution in [2.45, 2.75) is 32.4 Å². The Labute approximate surface area is 121 Å². The lowest BCUT2D eigenvalue weighted by atomic mass is 10.00. The molecule has 0 aliphatic carbocycles. The molecule has 20 heavy (non-hydrogen) atoms. The molecular weight excluding hydrogens is 252 g/mol. The number of pyridine rings is 1. The van der Waals surface area contributed by atoms with Gasteiger partial charge in [0.05, 0.1) is 18.8 Å². The van der Waals surface area contributed by atoms with Crippen molar-refractivity contribution in [3.05, 3.63) is 24.0 Å². The number of likely N-dealkylation sites (N-methyl/N-ethyl adjacent to an activating group) is 1. The minimum atomic E-state index is 0.109. The third-order valence-electron chi connectivity index (χ3n) is 3.83. The molecule has 0 saturated carbocycles. The molecule has 1 fully saturated rings. The zero-order chi connectivity index (χ0) is 14.4. The molecule has 1 aliphatic heterocycles. The third kappa shape index (κ3) is 3.69. The lowest BCUT2D eigenvalue weighted by Crippen LogP contribution is -2.48. The maximum atomic E-state index is 6.12. The van der Waals surface area contributed by atoms with Gasteiger partial charge in [-0.25, -0.2) is 0 Å². The van der Waals surface area contributed by atoms with Gasteiger partial charge in [-0.05, 0) is 25.6 Å². The number of nitrogens with one attached hydrogen (secondary N) is 1. The summed E-state index contributed by atoms with van der Waals surface area (Å²) in [5.74, 6) is 0. The topological polar surface area (TPSA) is 63.4 Å². The van der Waals surface area contributed by atoms with E-state index in [1.54, 1.807) is 6.20 Å². The zero-order valence-electron chi connectivity index (χ0n) is 12.5. The Morgan fingerprint density at radius 1 is 1.55 bits per heavy atom. The van der Waals surface area contributed by atoms with Gasteiger partial charge < -0.3 is 15.8 Å². The number of hydrogen-bond acceptors (Lipinski definition) is 5. The predicted octanol–water partition coefficient (Wildman–Crippen LogP) is 1.43. The molecule has 0 radical (unpaired) electrons. The van der Waals surface area contributed by atoms with Gasteiger partial charge in [0.2, 0.25) is 0 Å². The molecule has 0 spiro atoms. The fourth-order valence-electron chi connectivity index (χ4n) is 2.64. The number of rotatable bonds is 6. The summed E-state index contributed by atoms with van der Waals surface area (Å²) in [5.41, 5.74) is 7.95. The Kier molecular flexibility index (Phi) is 5.76. The highest BCUT2D eigenvalue weighted by Gasteiger charge is 2.29. The highest BCUT2D eigenvalue weighted by molar-refractivity contribution is 5.46. The summed E-state index contributed by atoms with van der Waals surface area (Å²) in [6, 6.07) is 1.97. The molecule has 0 aromatic carbocycles.